The van der Waals surface area contributed by atoms with Crippen LogP contribution in [0.2, 0.25) is 0 Å². The van der Waals surface area contributed by atoms with Crippen LogP contribution in [0.5, 0.6) is 5.75 Å². The zero-order valence-electron chi connectivity index (χ0n) is 10.6. The van der Waals surface area contributed by atoms with E-state index in [1.54, 1.807) is 13.2 Å². The standard InChI is InChI=1S/C16H14O2Se/c1-18-14-8-10-15(11-9-14)19-16(17)12-7-13-5-3-2-4-6-13/h2-12H,1H3/b12-7+. The normalized spacial score (nSPS) is 10.6. The summed E-state index contributed by atoms with van der Waals surface area (Å²) in [5, 5.41) is 0. The first-order valence-electron chi connectivity index (χ1n) is 5.87. The van der Waals surface area contributed by atoms with Crippen LogP contribution >= 0.6 is 0 Å². The molecule has 0 atom stereocenters. The average Bonchev–Trinajstić information content (AvgIpc) is 2.47. The number of methoxy groups -OCH3 is 1. The Balaban J connectivity index is 1.95. The zero-order valence-corrected chi connectivity index (χ0v) is 12.3. The molecular formula is C16H14O2Se. The fourth-order valence-electron chi connectivity index (χ4n) is 1.52. The second kappa shape index (κ2) is 6.93. The van der Waals surface area contributed by atoms with Crippen molar-refractivity contribution in [1.29, 1.82) is 0 Å². The summed E-state index contributed by atoms with van der Waals surface area (Å²) in [6, 6.07) is 17.5. The Kier molecular flexibility index (Phi) is 4.96. The van der Waals surface area contributed by atoms with E-state index in [0.717, 1.165) is 15.8 Å². The van der Waals surface area contributed by atoms with Gasteiger partial charge in [-0.05, 0) is 0 Å². The molecule has 0 aromatic heterocycles. The van der Waals surface area contributed by atoms with Crippen molar-refractivity contribution in [3.05, 3.63) is 66.2 Å². The minimum atomic E-state index is -0.183. The van der Waals surface area contributed by atoms with Crippen molar-refractivity contribution in [3.8, 4) is 5.75 Å². The number of hydrogen-bond acceptors (Lipinski definition) is 2. The van der Waals surface area contributed by atoms with Crippen LogP contribution in [-0.4, -0.2) is 26.7 Å². The number of carbonyl (C=O) groups excluding carboxylic acids is 1. The van der Waals surface area contributed by atoms with E-state index in [-0.39, 0.29) is 19.6 Å². The molecule has 3 heteroatoms. The van der Waals surface area contributed by atoms with Crippen molar-refractivity contribution in [3.63, 3.8) is 0 Å². The Hall–Kier alpha value is -1.83. The van der Waals surface area contributed by atoms with Crippen LogP contribution in [0.4, 0.5) is 0 Å². The first-order chi connectivity index (χ1) is 9.28. The number of carbonyl (C=O) groups is 1. The number of benzene rings is 2. The zero-order chi connectivity index (χ0) is 13.5. The predicted molar refractivity (Wildman–Crippen MR) is 78.9 cm³/mol. The van der Waals surface area contributed by atoms with Crippen LogP contribution in [0, 0.1) is 0 Å². The van der Waals surface area contributed by atoms with Crippen molar-refractivity contribution in [1.82, 2.24) is 0 Å². The first kappa shape index (κ1) is 13.6. The van der Waals surface area contributed by atoms with E-state index in [0.29, 0.717) is 0 Å². The Bertz CT molecular complexity index is 559. The predicted octanol–water partition coefficient (Wildman–Crippen LogP) is 2.26. The van der Waals surface area contributed by atoms with Gasteiger partial charge in [0.25, 0.3) is 0 Å². The van der Waals surface area contributed by atoms with Crippen molar-refractivity contribution in [2.45, 2.75) is 0 Å². The molecular weight excluding hydrogens is 303 g/mol. The van der Waals surface area contributed by atoms with Crippen LogP contribution < -0.4 is 9.20 Å². The molecule has 0 aliphatic heterocycles. The molecule has 2 aromatic carbocycles. The van der Waals surface area contributed by atoms with E-state index in [4.69, 9.17) is 4.74 Å². The molecule has 19 heavy (non-hydrogen) atoms. The third kappa shape index (κ3) is 4.40. The molecule has 0 aliphatic rings. The summed E-state index contributed by atoms with van der Waals surface area (Å²) in [4.78, 5) is 11.8. The molecule has 0 saturated carbocycles. The molecule has 0 aliphatic carbocycles. The van der Waals surface area contributed by atoms with Gasteiger partial charge in [0.05, 0.1) is 0 Å². The molecule has 0 bridgehead atoms. The van der Waals surface area contributed by atoms with Crippen LogP contribution in [0.3, 0.4) is 0 Å². The van der Waals surface area contributed by atoms with Gasteiger partial charge in [-0.3, -0.25) is 0 Å². The maximum absolute atomic E-state index is 11.8. The van der Waals surface area contributed by atoms with E-state index in [1.165, 1.54) is 0 Å². The summed E-state index contributed by atoms with van der Waals surface area (Å²) in [7, 11) is 1.63. The topological polar surface area (TPSA) is 26.3 Å². The molecule has 0 amide bonds. The maximum atomic E-state index is 11.8. The quantitative estimate of drug-likeness (QED) is 0.625. The van der Waals surface area contributed by atoms with Gasteiger partial charge in [-0.2, -0.15) is 0 Å². The minimum absolute atomic E-state index is 0.154. The Labute approximate surface area is 119 Å². The van der Waals surface area contributed by atoms with Gasteiger partial charge in [-0.15, -0.1) is 0 Å². The summed E-state index contributed by atoms with van der Waals surface area (Å²) in [5.41, 5.74) is 1.04. The molecule has 0 spiro atoms. The molecule has 0 saturated heterocycles. The van der Waals surface area contributed by atoms with Crippen molar-refractivity contribution >= 4 is 30.2 Å². The van der Waals surface area contributed by atoms with Crippen molar-refractivity contribution < 1.29 is 9.53 Å². The summed E-state index contributed by atoms with van der Waals surface area (Å²) in [6.45, 7) is 0. The van der Waals surface area contributed by atoms with Gasteiger partial charge in [0, 0.05) is 0 Å². The number of hydrogen-bond donors (Lipinski definition) is 0. The van der Waals surface area contributed by atoms with Gasteiger partial charge in [0.2, 0.25) is 0 Å². The summed E-state index contributed by atoms with van der Waals surface area (Å²) < 4.78 is 6.29. The van der Waals surface area contributed by atoms with Crippen LogP contribution in [-0.2, 0) is 4.79 Å². The molecule has 2 aromatic rings. The van der Waals surface area contributed by atoms with Crippen LogP contribution in [0.15, 0.2) is 60.7 Å². The molecule has 0 N–H and O–H groups in total. The van der Waals surface area contributed by atoms with Gasteiger partial charge in [-0.1, -0.05) is 0 Å². The fourth-order valence-corrected chi connectivity index (χ4v) is 2.87. The van der Waals surface area contributed by atoms with Gasteiger partial charge in [0.1, 0.15) is 0 Å². The first-order valence-corrected chi connectivity index (χ1v) is 7.58. The van der Waals surface area contributed by atoms with Gasteiger partial charge < -0.3 is 0 Å². The third-order valence-corrected chi connectivity index (χ3v) is 4.26. The van der Waals surface area contributed by atoms with E-state index in [2.05, 4.69) is 0 Å². The number of rotatable bonds is 5. The number of ether oxygens (including phenoxy) is 1. The molecule has 96 valence electrons. The molecule has 0 heterocycles. The number of allylic oxidation sites excluding steroid dienone is 1. The van der Waals surface area contributed by atoms with Crippen molar-refractivity contribution in [2.24, 2.45) is 0 Å². The van der Waals surface area contributed by atoms with Crippen LogP contribution in [0.25, 0.3) is 6.08 Å². The van der Waals surface area contributed by atoms with Crippen LogP contribution in [0.1, 0.15) is 5.56 Å². The van der Waals surface area contributed by atoms with Crippen molar-refractivity contribution in [2.75, 3.05) is 7.11 Å². The summed E-state index contributed by atoms with van der Waals surface area (Å²) >= 11 is -0.183. The Morgan fingerprint density at radius 3 is 2.37 bits per heavy atom. The fraction of sp³-hybridized carbons (Fsp3) is 0.0625. The van der Waals surface area contributed by atoms with E-state index in [1.807, 2.05) is 60.7 Å². The average molecular weight is 317 g/mol. The van der Waals surface area contributed by atoms with Gasteiger partial charge in [-0.25, -0.2) is 0 Å². The molecule has 0 unspecified atom stereocenters. The summed E-state index contributed by atoms with van der Waals surface area (Å²) in [5.74, 6) is 0.812. The second-order valence-electron chi connectivity index (χ2n) is 3.84. The molecule has 2 nitrogen and oxygen atoms in total. The Morgan fingerprint density at radius 1 is 1.05 bits per heavy atom. The van der Waals surface area contributed by atoms with E-state index in [9.17, 15) is 4.79 Å². The van der Waals surface area contributed by atoms with E-state index < -0.39 is 0 Å². The third-order valence-electron chi connectivity index (χ3n) is 2.49. The molecule has 0 radical (unpaired) electrons. The van der Waals surface area contributed by atoms with Gasteiger partial charge in [0.15, 0.2) is 0 Å². The van der Waals surface area contributed by atoms with Gasteiger partial charge >= 0.3 is 119 Å². The Morgan fingerprint density at radius 2 is 1.74 bits per heavy atom. The second-order valence-corrected chi connectivity index (χ2v) is 6.10. The monoisotopic (exact) mass is 318 g/mol. The summed E-state index contributed by atoms with van der Waals surface area (Å²) in [6.07, 6.45) is 3.51. The molecule has 2 rings (SSSR count). The molecule has 0 fully saturated rings. The van der Waals surface area contributed by atoms with E-state index >= 15 is 0 Å². The SMILES string of the molecule is COc1ccc([Se]C(=O)/C=C/c2ccccc2)cc1.